The van der Waals surface area contributed by atoms with Crippen molar-refractivity contribution in [3.8, 4) is 0 Å². The Bertz CT molecular complexity index is 388. The SMILES string of the molecule is CCn1cc(C)nc1NCC1(N(C)C)CCCC1. The molecule has 0 saturated heterocycles. The average molecular weight is 250 g/mol. The van der Waals surface area contributed by atoms with Gasteiger partial charge in [0.1, 0.15) is 0 Å². The van der Waals surface area contributed by atoms with Crippen LogP contribution in [0.3, 0.4) is 0 Å². The second-order valence-electron chi connectivity index (χ2n) is 5.67. The van der Waals surface area contributed by atoms with Crippen LogP contribution in [0.4, 0.5) is 5.95 Å². The number of aromatic nitrogens is 2. The first-order valence-corrected chi connectivity index (χ1v) is 7.02. The van der Waals surface area contributed by atoms with Crippen molar-refractivity contribution in [3.05, 3.63) is 11.9 Å². The highest BCUT2D eigenvalue weighted by Crippen LogP contribution is 2.33. The molecule has 1 heterocycles. The highest BCUT2D eigenvalue weighted by Gasteiger charge is 2.35. The second kappa shape index (κ2) is 5.31. The molecule has 0 radical (unpaired) electrons. The molecule has 1 fully saturated rings. The van der Waals surface area contributed by atoms with Crippen LogP contribution in [0.5, 0.6) is 0 Å². The van der Waals surface area contributed by atoms with Gasteiger partial charge in [0, 0.05) is 24.8 Å². The van der Waals surface area contributed by atoms with Crippen molar-refractivity contribution in [3.63, 3.8) is 0 Å². The van der Waals surface area contributed by atoms with Crippen molar-refractivity contribution in [2.45, 2.75) is 51.6 Å². The quantitative estimate of drug-likeness (QED) is 0.871. The summed E-state index contributed by atoms with van der Waals surface area (Å²) in [7, 11) is 4.40. The third-order valence-electron chi connectivity index (χ3n) is 4.30. The van der Waals surface area contributed by atoms with Crippen molar-refractivity contribution in [2.75, 3.05) is 26.0 Å². The summed E-state index contributed by atoms with van der Waals surface area (Å²) in [6, 6.07) is 0. The molecule has 0 atom stereocenters. The fraction of sp³-hybridized carbons (Fsp3) is 0.786. The van der Waals surface area contributed by atoms with E-state index in [-0.39, 0.29) is 0 Å². The molecule has 1 N–H and O–H groups in total. The Hall–Kier alpha value is -1.03. The molecule has 0 unspecified atom stereocenters. The number of anilines is 1. The first-order chi connectivity index (χ1) is 8.57. The maximum atomic E-state index is 4.57. The van der Waals surface area contributed by atoms with Crippen molar-refractivity contribution in [2.24, 2.45) is 0 Å². The summed E-state index contributed by atoms with van der Waals surface area (Å²) >= 11 is 0. The Balaban J connectivity index is 2.05. The molecule has 0 aromatic carbocycles. The predicted octanol–water partition coefficient (Wildman–Crippen LogP) is 2.50. The number of aryl methyl sites for hydroxylation is 2. The van der Waals surface area contributed by atoms with Gasteiger partial charge in [-0.2, -0.15) is 0 Å². The molecule has 0 bridgehead atoms. The maximum absolute atomic E-state index is 4.57. The van der Waals surface area contributed by atoms with Gasteiger partial charge in [-0.15, -0.1) is 0 Å². The molecule has 1 aromatic rings. The van der Waals surface area contributed by atoms with E-state index in [0.717, 1.165) is 24.7 Å². The zero-order valence-electron chi connectivity index (χ0n) is 12.2. The molecule has 4 heteroatoms. The van der Waals surface area contributed by atoms with Gasteiger partial charge in [0.05, 0.1) is 5.69 Å². The fourth-order valence-electron chi connectivity index (χ4n) is 2.99. The van der Waals surface area contributed by atoms with E-state index in [1.807, 2.05) is 0 Å². The predicted molar refractivity (Wildman–Crippen MR) is 76.0 cm³/mol. The molecule has 0 spiro atoms. The Labute approximate surface area is 110 Å². The smallest absolute Gasteiger partial charge is 0.203 e. The number of nitrogens with zero attached hydrogens (tertiary/aromatic N) is 3. The van der Waals surface area contributed by atoms with E-state index in [9.17, 15) is 0 Å². The summed E-state index contributed by atoms with van der Waals surface area (Å²) < 4.78 is 2.19. The summed E-state index contributed by atoms with van der Waals surface area (Å²) in [5, 5.41) is 3.56. The number of imidazole rings is 1. The normalized spacial score (nSPS) is 18.5. The molecule has 1 aliphatic rings. The largest absolute Gasteiger partial charge is 0.354 e. The van der Waals surface area contributed by atoms with E-state index in [4.69, 9.17) is 0 Å². The molecular weight excluding hydrogens is 224 g/mol. The van der Waals surface area contributed by atoms with Gasteiger partial charge in [-0.3, -0.25) is 0 Å². The van der Waals surface area contributed by atoms with Crippen LogP contribution in [-0.4, -0.2) is 40.6 Å². The molecule has 1 aromatic heterocycles. The van der Waals surface area contributed by atoms with Crippen LogP contribution in [0.25, 0.3) is 0 Å². The van der Waals surface area contributed by atoms with Crippen molar-refractivity contribution in [1.82, 2.24) is 14.5 Å². The Kier molecular flexibility index (Phi) is 3.95. The van der Waals surface area contributed by atoms with Crippen LogP contribution in [0.15, 0.2) is 6.20 Å². The van der Waals surface area contributed by atoms with Crippen molar-refractivity contribution in [1.29, 1.82) is 0 Å². The molecule has 18 heavy (non-hydrogen) atoms. The van der Waals surface area contributed by atoms with Gasteiger partial charge in [-0.05, 0) is 40.8 Å². The molecule has 4 nitrogen and oxygen atoms in total. The lowest BCUT2D eigenvalue weighted by Crippen LogP contribution is -2.47. The van der Waals surface area contributed by atoms with Gasteiger partial charge in [0.2, 0.25) is 5.95 Å². The summed E-state index contributed by atoms with van der Waals surface area (Å²) in [6.07, 6.45) is 7.39. The zero-order valence-corrected chi connectivity index (χ0v) is 12.2. The second-order valence-corrected chi connectivity index (χ2v) is 5.67. The highest BCUT2D eigenvalue weighted by atomic mass is 15.2. The average Bonchev–Trinajstić information content (AvgIpc) is 2.93. The van der Waals surface area contributed by atoms with Crippen LogP contribution in [-0.2, 0) is 6.54 Å². The number of hydrogen-bond acceptors (Lipinski definition) is 3. The van der Waals surface area contributed by atoms with E-state index in [0.29, 0.717) is 5.54 Å². The lowest BCUT2D eigenvalue weighted by atomic mass is 9.96. The standard InChI is InChI=1S/C14H26N4/c1-5-18-10-12(2)16-13(18)15-11-14(17(3)4)8-6-7-9-14/h10H,5-9,11H2,1-4H3,(H,15,16). The van der Waals surface area contributed by atoms with Crippen LogP contribution < -0.4 is 5.32 Å². The monoisotopic (exact) mass is 250 g/mol. The minimum absolute atomic E-state index is 0.318. The van der Waals surface area contributed by atoms with E-state index < -0.39 is 0 Å². The minimum Gasteiger partial charge on any atom is -0.354 e. The topological polar surface area (TPSA) is 33.1 Å². The molecule has 0 aliphatic heterocycles. The first-order valence-electron chi connectivity index (χ1n) is 7.02. The van der Waals surface area contributed by atoms with E-state index in [1.165, 1.54) is 25.7 Å². The van der Waals surface area contributed by atoms with Gasteiger partial charge in [0.15, 0.2) is 0 Å². The molecular formula is C14H26N4. The Morgan fingerprint density at radius 1 is 1.39 bits per heavy atom. The third kappa shape index (κ3) is 2.53. The summed E-state index contributed by atoms with van der Waals surface area (Å²) in [5.41, 5.74) is 1.41. The summed E-state index contributed by atoms with van der Waals surface area (Å²) in [4.78, 5) is 6.95. The highest BCUT2D eigenvalue weighted by molar-refractivity contribution is 5.30. The van der Waals surface area contributed by atoms with Gasteiger partial charge in [0.25, 0.3) is 0 Å². The van der Waals surface area contributed by atoms with Gasteiger partial charge < -0.3 is 14.8 Å². The lowest BCUT2D eigenvalue weighted by molar-refractivity contribution is 0.172. The van der Waals surface area contributed by atoms with Gasteiger partial charge >= 0.3 is 0 Å². The molecule has 102 valence electrons. The number of nitrogens with one attached hydrogen (secondary N) is 1. The first kappa shape index (κ1) is 13.4. The summed E-state index contributed by atoms with van der Waals surface area (Å²) in [6.45, 7) is 6.17. The fourth-order valence-corrected chi connectivity index (χ4v) is 2.99. The van der Waals surface area contributed by atoms with Gasteiger partial charge in [-0.25, -0.2) is 4.98 Å². The minimum atomic E-state index is 0.318. The van der Waals surface area contributed by atoms with E-state index in [2.05, 4.69) is 53.9 Å². The molecule has 2 rings (SSSR count). The van der Waals surface area contributed by atoms with Crippen LogP contribution in [0.2, 0.25) is 0 Å². The maximum Gasteiger partial charge on any atom is 0.203 e. The lowest BCUT2D eigenvalue weighted by Gasteiger charge is -2.36. The van der Waals surface area contributed by atoms with Crippen LogP contribution in [0, 0.1) is 6.92 Å². The van der Waals surface area contributed by atoms with E-state index in [1.54, 1.807) is 0 Å². The van der Waals surface area contributed by atoms with Crippen molar-refractivity contribution >= 4 is 5.95 Å². The molecule has 1 aliphatic carbocycles. The van der Waals surface area contributed by atoms with Crippen LogP contribution in [0.1, 0.15) is 38.3 Å². The molecule has 1 saturated carbocycles. The van der Waals surface area contributed by atoms with Gasteiger partial charge in [-0.1, -0.05) is 12.8 Å². The Morgan fingerprint density at radius 2 is 2.06 bits per heavy atom. The van der Waals surface area contributed by atoms with Crippen LogP contribution >= 0.6 is 0 Å². The number of likely N-dealkylation sites (N-methyl/N-ethyl adjacent to an activating group) is 1. The van der Waals surface area contributed by atoms with E-state index >= 15 is 0 Å². The zero-order chi connectivity index (χ0) is 13.2. The molecule has 0 amide bonds. The van der Waals surface area contributed by atoms with Crippen molar-refractivity contribution < 1.29 is 0 Å². The number of rotatable bonds is 5. The Morgan fingerprint density at radius 3 is 2.61 bits per heavy atom. The number of hydrogen-bond donors (Lipinski definition) is 1. The third-order valence-corrected chi connectivity index (χ3v) is 4.30. The summed E-state index contributed by atoms with van der Waals surface area (Å²) in [5.74, 6) is 1.02.